The first-order chi connectivity index (χ1) is 11.1. The van der Waals surface area contributed by atoms with Crippen LogP contribution < -0.4 is 10.6 Å². The second-order valence-corrected chi connectivity index (χ2v) is 6.88. The average molecular weight is 327 g/mol. The zero-order valence-corrected chi connectivity index (χ0v) is 15.6. The molecule has 0 aliphatic rings. The van der Waals surface area contributed by atoms with Gasteiger partial charge in [0.1, 0.15) is 0 Å². The third kappa shape index (κ3) is 17.1. The molecule has 2 N–H and O–H groups in total. The van der Waals surface area contributed by atoms with E-state index in [1.165, 1.54) is 44.9 Å². The second-order valence-electron chi connectivity index (χ2n) is 6.88. The fourth-order valence-electron chi connectivity index (χ4n) is 2.53. The molecule has 4 nitrogen and oxygen atoms in total. The van der Waals surface area contributed by atoms with Crippen LogP contribution in [0.15, 0.2) is 0 Å². The Morgan fingerprint density at radius 2 is 1.22 bits per heavy atom. The van der Waals surface area contributed by atoms with Crippen LogP contribution in [0, 0.1) is 5.92 Å². The predicted molar refractivity (Wildman–Crippen MR) is 97.3 cm³/mol. The summed E-state index contributed by atoms with van der Waals surface area (Å²) in [5.41, 5.74) is 0. The molecule has 0 saturated heterocycles. The van der Waals surface area contributed by atoms with E-state index in [1.54, 1.807) is 0 Å². The van der Waals surface area contributed by atoms with Crippen molar-refractivity contribution < 1.29 is 9.59 Å². The summed E-state index contributed by atoms with van der Waals surface area (Å²) in [6.07, 6.45) is 12.5. The Morgan fingerprint density at radius 3 is 1.74 bits per heavy atom. The molecule has 0 aliphatic carbocycles. The van der Waals surface area contributed by atoms with Gasteiger partial charge in [0.05, 0.1) is 0 Å². The molecule has 4 heteroatoms. The summed E-state index contributed by atoms with van der Waals surface area (Å²) in [5.74, 6) is 0.537. The molecule has 0 fully saturated rings. The Bertz CT molecular complexity index is 304. The van der Waals surface area contributed by atoms with Crippen LogP contribution >= 0.6 is 0 Å². The van der Waals surface area contributed by atoms with E-state index in [1.807, 2.05) is 13.8 Å². The summed E-state index contributed by atoms with van der Waals surface area (Å²) in [5, 5.41) is 5.68. The van der Waals surface area contributed by atoms with Crippen molar-refractivity contribution in [3.8, 4) is 0 Å². The van der Waals surface area contributed by atoms with Gasteiger partial charge in [-0.2, -0.15) is 0 Å². The lowest BCUT2D eigenvalue weighted by atomic mass is 10.1. The van der Waals surface area contributed by atoms with Gasteiger partial charge < -0.3 is 10.6 Å². The Balaban J connectivity index is 3.29. The van der Waals surface area contributed by atoms with Gasteiger partial charge in [0, 0.05) is 25.9 Å². The molecule has 0 aliphatic heterocycles. The molecule has 0 heterocycles. The lowest BCUT2D eigenvalue weighted by molar-refractivity contribution is -0.123. The molecule has 0 aromatic heterocycles. The molecule has 0 saturated carbocycles. The molecule has 0 bridgehead atoms. The molecule has 0 atom stereocenters. The highest BCUT2D eigenvalue weighted by Gasteiger charge is 2.04. The van der Waals surface area contributed by atoms with E-state index in [-0.39, 0.29) is 11.8 Å². The molecule has 0 rings (SSSR count). The summed E-state index contributed by atoms with van der Waals surface area (Å²) >= 11 is 0. The van der Waals surface area contributed by atoms with Crippen molar-refractivity contribution in [1.82, 2.24) is 10.6 Å². The minimum atomic E-state index is 0.0631. The van der Waals surface area contributed by atoms with Gasteiger partial charge in [-0.1, -0.05) is 72.1 Å². The van der Waals surface area contributed by atoms with Crippen molar-refractivity contribution in [3.63, 3.8) is 0 Å². The van der Waals surface area contributed by atoms with Crippen LogP contribution in [0.25, 0.3) is 0 Å². The van der Waals surface area contributed by atoms with E-state index >= 15 is 0 Å². The number of rotatable bonds is 15. The molecule has 136 valence electrons. The summed E-state index contributed by atoms with van der Waals surface area (Å²) in [4.78, 5) is 23.1. The topological polar surface area (TPSA) is 58.2 Å². The average Bonchev–Trinajstić information content (AvgIpc) is 2.49. The second kappa shape index (κ2) is 15.8. The molecular weight excluding hydrogens is 288 g/mol. The lowest BCUT2D eigenvalue weighted by Gasteiger charge is -2.08. The summed E-state index contributed by atoms with van der Waals surface area (Å²) < 4.78 is 0. The van der Waals surface area contributed by atoms with Gasteiger partial charge in [-0.05, 0) is 12.3 Å². The number of amides is 2. The van der Waals surface area contributed by atoms with E-state index in [4.69, 9.17) is 0 Å². The largest absolute Gasteiger partial charge is 0.354 e. The predicted octanol–water partition coefficient (Wildman–Crippen LogP) is 4.19. The van der Waals surface area contributed by atoms with E-state index in [2.05, 4.69) is 17.6 Å². The van der Waals surface area contributed by atoms with E-state index in [9.17, 15) is 9.59 Å². The van der Waals surface area contributed by atoms with Gasteiger partial charge in [-0.15, -0.1) is 0 Å². The molecule has 23 heavy (non-hydrogen) atoms. The van der Waals surface area contributed by atoms with Crippen molar-refractivity contribution in [2.24, 2.45) is 5.92 Å². The van der Waals surface area contributed by atoms with Crippen LogP contribution in [0.4, 0.5) is 0 Å². The minimum absolute atomic E-state index is 0.0631. The lowest BCUT2D eigenvalue weighted by Crippen LogP contribution is -2.34. The monoisotopic (exact) mass is 326 g/mol. The third-order valence-electron chi connectivity index (χ3n) is 3.87. The van der Waals surface area contributed by atoms with Crippen LogP contribution in [0.3, 0.4) is 0 Å². The molecular formula is C19H38N2O2. The normalized spacial score (nSPS) is 10.8. The molecule has 2 amide bonds. The van der Waals surface area contributed by atoms with Gasteiger partial charge in [-0.3, -0.25) is 9.59 Å². The Morgan fingerprint density at radius 1 is 0.739 bits per heavy atom. The molecule has 0 spiro atoms. The maximum absolute atomic E-state index is 11.6. The zero-order chi connectivity index (χ0) is 17.3. The summed E-state index contributed by atoms with van der Waals surface area (Å²) in [7, 11) is 0. The highest BCUT2D eigenvalue weighted by molar-refractivity contribution is 5.77. The van der Waals surface area contributed by atoms with Crippen LogP contribution in [0.5, 0.6) is 0 Å². The van der Waals surface area contributed by atoms with Crippen molar-refractivity contribution in [1.29, 1.82) is 0 Å². The first kappa shape index (κ1) is 21.9. The van der Waals surface area contributed by atoms with Crippen molar-refractivity contribution in [2.45, 2.75) is 91.4 Å². The number of hydrogen-bond donors (Lipinski definition) is 2. The number of carbonyl (C=O) groups is 2. The van der Waals surface area contributed by atoms with Gasteiger partial charge in [0.2, 0.25) is 11.8 Å². The molecule has 0 unspecified atom stereocenters. The fraction of sp³-hybridized carbons (Fsp3) is 0.895. The number of carbonyl (C=O) groups excluding carboxylic acids is 2. The van der Waals surface area contributed by atoms with E-state index in [0.29, 0.717) is 31.8 Å². The molecule has 0 aromatic rings. The zero-order valence-electron chi connectivity index (χ0n) is 15.6. The third-order valence-corrected chi connectivity index (χ3v) is 3.87. The minimum Gasteiger partial charge on any atom is -0.354 e. The summed E-state index contributed by atoms with van der Waals surface area (Å²) in [6, 6.07) is 0. The number of nitrogens with one attached hydrogen (secondary N) is 2. The van der Waals surface area contributed by atoms with Crippen LogP contribution in [0.2, 0.25) is 0 Å². The summed E-state index contributed by atoms with van der Waals surface area (Å²) in [6.45, 7) is 7.33. The smallest absolute Gasteiger partial charge is 0.220 e. The maximum atomic E-state index is 11.6. The number of hydrogen-bond acceptors (Lipinski definition) is 2. The van der Waals surface area contributed by atoms with Crippen molar-refractivity contribution in [3.05, 3.63) is 0 Å². The van der Waals surface area contributed by atoms with Crippen LogP contribution in [-0.2, 0) is 9.59 Å². The van der Waals surface area contributed by atoms with Crippen LogP contribution in [-0.4, -0.2) is 24.9 Å². The van der Waals surface area contributed by atoms with Gasteiger partial charge >= 0.3 is 0 Å². The number of unbranched alkanes of at least 4 members (excludes halogenated alkanes) is 8. The highest BCUT2D eigenvalue weighted by Crippen LogP contribution is 2.10. The van der Waals surface area contributed by atoms with Gasteiger partial charge in [-0.25, -0.2) is 0 Å². The maximum Gasteiger partial charge on any atom is 0.220 e. The SMILES string of the molecule is CCCCCCCCCCCC(=O)NCCNC(=O)CC(C)C. The molecule has 0 aromatic carbocycles. The quantitative estimate of drug-likeness (QED) is 0.443. The van der Waals surface area contributed by atoms with Gasteiger partial charge in [0.25, 0.3) is 0 Å². The first-order valence-corrected chi connectivity index (χ1v) is 9.59. The molecule has 0 radical (unpaired) electrons. The van der Waals surface area contributed by atoms with Crippen molar-refractivity contribution in [2.75, 3.05) is 13.1 Å². The first-order valence-electron chi connectivity index (χ1n) is 9.59. The highest BCUT2D eigenvalue weighted by atomic mass is 16.2. The van der Waals surface area contributed by atoms with Crippen molar-refractivity contribution >= 4 is 11.8 Å². The fourth-order valence-corrected chi connectivity index (χ4v) is 2.53. The van der Waals surface area contributed by atoms with Crippen LogP contribution in [0.1, 0.15) is 91.4 Å². The Hall–Kier alpha value is -1.06. The van der Waals surface area contributed by atoms with Gasteiger partial charge in [0.15, 0.2) is 0 Å². The standard InChI is InChI=1S/C19H38N2O2/c1-4-5-6-7-8-9-10-11-12-13-18(22)20-14-15-21-19(23)16-17(2)3/h17H,4-16H2,1-3H3,(H,20,22)(H,21,23). The Kier molecular flexibility index (Phi) is 15.1. The van der Waals surface area contributed by atoms with E-state index in [0.717, 1.165) is 12.8 Å². The van der Waals surface area contributed by atoms with E-state index < -0.39 is 0 Å². The Labute approximate surface area is 143 Å².